The van der Waals surface area contributed by atoms with Crippen molar-refractivity contribution in [2.75, 3.05) is 0 Å². The molecule has 0 aliphatic carbocycles. The van der Waals surface area contributed by atoms with Crippen LogP contribution >= 0.6 is 0 Å². The fraction of sp³-hybridized carbons (Fsp3) is 0.350. The summed E-state index contributed by atoms with van der Waals surface area (Å²) in [5, 5.41) is 40.5. The van der Waals surface area contributed by atoms with Gasteiger partial charge in [-0.1, -0.05) is 12.1 Å². The van der Waals surface area contributed by atoms with Crippen molar-refractivity contribution in [2.24, 2.45) is 0 Å². The topological polar surface area (TPSA) is 116 Å². The van der Waals surface area contributed by atoms with E-state index >= 15 is 0 Å². The van der Waals surface area contributed by atoms with Gasteiger partial charge in [0.25, 0.3) is 0 Å². The van der Waals surface area contributed by atoms with E-state index in [9.17, 15) is 25.2 Å². The van der Waals surface area contributed by atoms with Gasteiger partial charge in [0.05, 0.1) is 5.60 Å². The van der Waals surface area contributed by atoms with Crippen LogP contribution in [0.2, 0.25) is 0 Å². The van der Waals surface area contributed by atoms with Crippen LogP contribution in [0, 0.1) is 0 Å². The molecule has 0 saturated carbocycles. The number of hydrogen-bond donors (Lipinski definition) is 4. The molecule has 2 aromatic carbocycles. The minimum absolute atomic E-state index is 0.0516. The molecule has 2 aromatic rings. The first-order valence-corrected chi connectivity index (χ1v) is 8.62. The third kappa shape index (κ3) is 2.79. The Morgan fingerprint density at radius 3 is 2.41 bits per heavy atom. The quantitative estimate of drug-likeness (QED) is 0.636. The summed E-state index contributed by atoms with van der Waals surface area (Å²) in [4.78, 5) is 12.7. The van der Waals surface area contributed by atoms with E-state index in [2.05, 4.69) is 0 Å². The van der Waals surface area contributed by atoms with Gasteiger partial charge in [-0.15, -0.1) is 0 Å². The minimum atomic E-state index is -1.50. The van der Waals surface area contributed by atoms with Gasteiger partial charge in [0, 0.05) is 18.1 Å². The Labute approximate surface area is 155 Å². The molecule has 2 heterocycles. The maximum absolute atomic E-state index is 12.7. The average molecular weight is 372 g/mol. The van der Waals surface area contributed by atoms with Gasteiger partial charge in [-0.2, -0.15) is 0 Å². The maximum Gasteiger partial charge on any atom is 0.202 e. The third-order valence-electron chi connectivity index (χ3n) is 5.04. The highest BCUT2D eigenvalue weighted by atomic mass is 16.5. The average Bonchev–Trinajstić information content (AvgIpc) is 3.03. The van der Waals surface area contributed by atoms with Crippen LogP contribution in [0.3, 0.4) is 0 Å². The summed E-state index contributed by atoms with van der Waals surface area (Å²) < 4.78 is 11.7. The van der Waals surface area contributed by atoms with Crippen LogP contribution in [0.25, 0.3) is 0 Å². The molecule has 2 aliphatic heterocycles. The SMILES string of the molecule is CC(C)(O)[C@@H]1Cc2c(cc(O)c3c2O[C@H](c2ccc(O)cc2)[C@@H](O)C3=O)O1. The van der Waals surface area contributed by atoms with Crippen molar-refractivity contribution in [3.63, 3.8) is 0 Å². The molecule has 0 unspecified atom stereocenters. The lowest BCUT2D eigenvalue weighted by Crippen LogP contribution is -2.39. The molecule has 7 heteroatoms. The number of ketones is 1. The van der Waals surface area contributed by atoms with Gasteiger partial charge in [0.2, 0.25) is 5.78 Å². The Kier molecular flexibility index (Phi) is 3.83. The number of aliphatic hydroxyl groups is 2. The third-order valence-corrected chi connectivity index (χ3v) is 5.04. The second kappa shape index (κ2) is 5.87. The first-order chi connectivity index (χ1) is 12.7. The molecule has 3 atom stereocenters. The van der Waals surface area contributed by atoms with Gasteiger partial charge >= 0.3 is 0 Å². The minimum Gasteiger partial charge on any atom is -0.508 e. The number of carbonyl (C=O) groups excluding carboxylic acids is 1. The summed E-state index contributed by atoms with van der Waals surface area (Å²) in [5.74, 6) is -0.442. The Balaban J connectivity index is 1.80. The van der Waals surface area contributed by atoms with Gasteiger partial charge in [0.1, 0.15) is 34.7 Å². The number of carbonyl (C=O) groups is 1. The first-order valence-electron chi connectivity index (χ1n) is 8.62. The molecule has 4 rings (SSSR count). The molecule has 2 aliphatic rings. The molecular weight excluding hydrogens is 352 g/mol. The Bertz CT molecular complexity index is 911. The molecule has 0 spiro atoms. The molecular formula is C20H20O7. The zero-order valence-electron chi connectivity index (χ0n) is 14.8. The zero-order chi connectivity index (χ0) is 19.5. The van der Waals surface area contributed by atoms with Crippen LogP contribution in [-0.2, 0) is 6.42 Å². The van der Waals surface area contributed by atoms with Crippen molar-refractivity contribution in [3.8, 4) is 23.0 Å². The fourth-order valence-corrected chi connectivity index (χ4v) is 3.49. The number of benzene rings is 2. The van der Waals surface area contributed by atoms with E-state index in [4.69, 9.17) is 9.47 Å². The molecule has 0 aromatic heterocycles. The zero-order valence-corrected chi connectivity index (χ0v) is 14.8. The van der Waals surface area contributed by atoms with Crippen LogP contribution in [0.15, 0.2) is 30.3 Å². The van der Waals surface area contributed by atoms with Crippen LogP contribution in [-0.4, -0.2) is 44.0 Å². The second-order valence-corrected chi connectivity index (χ2v) is 7.48. The normalized spacial score (nSPS) is 24.0. The number of phenols is 2. The number of aromatic hydroxyl groups is 2. The highest BCUT2D eigenvalue weighted by molar-refractivity contribution is 6.06. The van der Waals surface area contributed by atoms with Crippen molar-refractivity contribution in [1.29, 1.82) is 0 Å². The Morgan fingerprint density at radius 2 is 1.78 bits per heavy atom. The van der Waals surface area contributed by atoms with Crippen molar-refractivity contribution in [2.45, 2.75) is 44.2 Å². The highest BCUT2D eigenvalue weighted by Crippen LogP contribution is 2.49. The predicted octanol–water partition coefficient (Wildman–Crippen LogP) is 1.85. The van der Waals surface area contributed by atoms with Crippen molar-refractivity contribution >= 4 is 5.78 Å². The largest absolute Gasteiger partial charge is 0.508 e. The van der Waals surface area contributed by atoms with Gasteiger partial charge in [-0.3, -0.25) is 4.79 Å². The Morgan fingerprint density at radius 1 is 1.11 bits per heavy atom. The lowest BCUT2D eigenvalue weighted by Gasteiger charge is -2.31. The second-order valence-electron chi connectivity index (χ2n) is 7.48. The first kappa shape index (κ1) is 17.6. The molecule has 0 saturated heterocycles. The predicted molar refractivity (Wildman–Crippen MR) is 94.3 cm³/mol. The van der Waals surface area contributed by atoms with E-state index in [0.717, 1.165) is 0 Å². The van der Waals surface area contributed by atoms with Crippen molar-refractivity contribution < 1.29 is 34.7 Å². The van der Waals surface area contributed by atoms with Crippen LogP contribution < -0.4 is 9.47 Å². The van der Waals surface area contributed by atoms with Crippen LogP contribution in [0.5, 0.6) is 23.0 Å². The standard InChI is InChI=1S/C20H20O7/c1-20(2,25)14-7-11-13(26-14)8-12(22)15-16(23)17(24)18(27-19(11)15)9-3-5-10(21)6-4-9/h3-6,8,14,17-18,21-22,24-25H,7H2,1-2H3/t14-,17-,18+/m0/s1. The number of ether oxygens (including phenoxy) is 2. The summed E-state index contributed by atoms with van der Waals surface area (Å²) in [6.45, 7) is 3.23. The molecule has 142 valence electrons. The number of aliphatic hydroxyl groups excluding tert-OH is 1. The van der Waals surface area contributed by atoms with Gasteiger partial charge in [-0.25, -0.2) is 0 Å². The number of Topliss-reactive ketones (excluding diaryl/α,β-unsaturated/α-hetero) is 1. The molecule has 27 heavy (non-hydrogen) atoms. The van der Waals surface area contributed by atoms with Crippen molar-refractivity contribution in [3.05, 3.63) is 47.0 Å². The highest BCUT2D eigenvalue weighted by Gasteiger charge is 2.44. The number of fused-ring (bicyclic) bond motifs is 3. The molecule has 0 amide bonds. The molecule has 7 nitrogen and oxygen atoms in total. The summed E-state index contributed by atoms with van der Waals surface area (Å²) in [6.07, 6.45) is -2.75. The summed E-state index contributed by atoms with van der Waals surface area (Å²) in [6, 6.07) is 7.30. The number of phenolic OH excluding ortho intramolecular Hbond substituents is 2. The number of rotatable bonds is 2. The van der Waals surface area contributed by atoms with E-state index < -0.39 is 29.7 Å². The molecule has 0 bridgehead atoms. The van der Waals surface area contributed by atoms with E-state index in [1.54, 1.807) is 26.0 Å². The van der Waals surface area contributed by atoms with Gasteiger partial charge < -0.3 is 29.9 Å². The summed E-state index contributed by atoms with van der Waals surface area (Å²) in [5.41, 5.74) is -0.139. The smallest absolute Gasteiger partial charge is 0.202 e. The Hall–Kier alpha value is -2.77. The molecule has 0 fully saturated rings. The van der Waals surface area contributed by atoms with Crippen molar-refractivity contribution in [1.82, 2.24) is 0 Å². The lowest BCUT2D eigenvalue weighted by molar-refractivity contribution is -0.0230. The molecule has 4 N–H and O–H groups in total. The van der Waals surface area contributed by atoms with Crippen LogP contribution in [0.4, 0.5) is 0 Å². The summed E-state index contributed by atoms with van der Waals surface area (Å²) >= 11 is 0. The number of hydrogen-bond acceptors (Lipinski definition) is 7. The van der Waals surface area contributed by atoms with Gasteiger partial charge in [0.15, 0.2) is 12.2 Å². The monoisotopic (exact) mass is 372 g/mol. The van der Waals surface area contributed by atoms with Gasteiger partial charge in [-0.05, 0) is 31.5 Å². The summed E-state index contributed by atoms with van der Waals surface area (Å²) in [7, 11) is 0. The van der Waals surface area contributed by atoms with E-state index in [1.807, 2.05) is 0 Å². The maximum atomic E-state index is 12.7. The van der Waals surface area contributed by atoms with E-state index in [-0.39, 0.29) is 22.8 Å². The lowest BCUT2D eigenvalue weighted by atomic mass is 9.89. The molecule has 0 radical (unpaired) electrons. The fourth-order valence-electron chi connectivity index (χ4n) is 3.49. The van der Waals surface area contributed by atoms with E-state index in [0.29, 0.717) is 23.3 Å². The van der Waals surface area contributed by atoms with E-state index in [1.165, 1.54) is 18.2 Å². The van der Waals surface area contributed by atoms with Crippen LogP contribution in [0.1, 0.15) is 41.4 Å².